The molecule has 1 atom stereocenters. The van der Waals surface area contributed by atoms with Gasteiger partial charge in [0.2, 0.25) is 0 Å². The predicted octanol–water partition coefficient (Wildman–Crippen LogP) is 5.64. The molecule has 7 heteroatoms. The van der Waals surface area contributed by atoms with Crippen molar-refractivity contribution >= 4 is 35.6 Å². The molecule has 0 saturated heterocycles. The van der Waals surface area contributed by atoms with Gasteiger partial charge in [-0.05, 0) is 42.3 Å². The fourth-order valence-corrected chi connectivity index (χ4v) is 3.29. The normalized spacial score (nSPS) is 11.2. The summed E-state index contributed by atoms with van der Waals surface area (Å²) >= 11 is 6.42. The van der Waals surface area contributed by atoms with Crippen LogP contribution in [0.1, 0.15) is 24.1 Å². The summed E-state index contributed by atoms with van der Waals surface area (Å²) in [4.78, 5) is 12.1. The molecular formula is C24H26Cl2N2O3. The quantitative estimate of drug-likeness (QED) is 0.433. The fraction of sp³-hybridized carbons (Fsp3) is 0.208. The summed E-state index contributed by atoms with van der Waals surface area (Å²) in [5.41, 5.74) is 2.87. The van der Waals surface area contributed by atoms with Gasteiger partial charge in [0, 0.05) is 18.3 Å². The summed E-state index contributed by atoms with van der Waals surface area (Å²) in [6, 6.07) is 23.3. The summed E-state index contributed by atoms with van der Waals surface area (Å²) in [7, 11) is 1.55. The van der Waals surface area contributed by atoms with Gasteiger partial charge in [0.05, 0.1) is 12.1 Å². The average molecular weight is 461 g/mol. The Morgan fingerprint density at radius 2 is 1.68 bits per heavy atom. The third-order valence-corrected chi connectivity index (χ3v) is 4.89. The van der Waals surface area contributed by atoms with E-state index >= 15 is 0 Å². The monoisotopic (exact) mass is 460 g/mol. The fourth-order valence-electron chi connectivity index (χ4n) is 3.00. The molecule has 3 rings (SSSR count). The van der Waals surface area contributed by atoms with Crippen LogP contribution in [0.3, 0.4) is 0 Å². The number of hydrogen-bond acceptors (Lipinski definition) is 4. The zero-order chi connectivity index (χ0) is 21.3. The van der Waals surface area contributed by atoms with Gasteiger partial charge in [-0.25, -0.2) is 0 Å². The minimum atomic E-state index is -0.276. The van der Waals surface area contributed by atoms with Crippen LogP contribution in [-0.2, 0) is 11.3 Å². The highest BCUT2D eigenvalue weighted by Gasteiger charge is 2.15. The van der Waals surface area contributed by atoms with Crippen molar-refractivity contribution in [2.75, 3.05) is 19.0 Å². The van der Waals surface area contributed by atoms with Gasteiger partial charge in [0.1, 0.15) is 0 Å². The molecule has 1 unspecified atom stereocenters. The molecule has 0 aromatic heterocycles. The van der Waals surface area contributed by atoms with Crippen molar-refractivity contribution < 1.29 is 14.3 Å². The minimum absolute atomic E-state index is 0. The highest BCUT2D eigenvalue weighted by atomic mass is 35.5. The van der Waals surface area contributed by atoms with Crippen molar-refractivity contribution in [3.8, 4) is 11.5 Å². The number of anilines is 1. The Labute approximate surface area is 194 Å². The SMILES string of the molecule is COc1cc(CNC(C)c2ccccc2)cc(Cl)c1OCC(=O)Nc1ccccc1.Cl. The summed E-state index contributed by atoms with van der Waals surface area (Å²) in [6.45, 7) is 2.55. The Kier molecular flexibility index (Phi) is 9.66. The van der Waals surface area contributed by atoms with Gasteiger partial charge in [-0.1, -0.05) is 60.1 Å². The molecule has 5 nitrogen and oxygen atoms in total. The van der Waals surface area contributed by atoms with E-state index in [1.54, 1.807) is 7.11 Å². The number of para-hydroxylation sites is 1. The van der Waals surface area contributed by atoms with Gasteiger partial charge in [-0.3, -0.25) is 4.79 Å². The summed E-state index contributed by atoms with van der Waals surface area (Å²) in [5, 5.41) is 6.64. The van der Waals surface area contributed by atoms with Crippen LogP contribution < -0.4 is 20.1 Å². The zero-order valence-corrected chi connectivity index (χ0v) is 19.0. The molecular weight excluding hydrogens is 435 g/mol. The number of benzene rings is 3. The van der Waals surface area contributed by atoms with Crippen LogP contribution >= 0.6 is 24.0 Å². The van der Waals surface area contributed by atoms with Crippen molar-refractivity contribution in [2.24, 2.45) is 0 Å². The van der Waals surface area contributed by atoms with E-state index in [1.807, 2.05) is 60.7 Å². The highest BCUT2D eigenvalue weighted by molar-refractivity contribution is 6.32. The molecule has 0 fully saturated rings. The van der Waals surface area contributed by atoms with Crippen molar-refractivity contribution in [1.29, 1.82) is 0 Å². The Bertz CT molecular complexity index is 969. The maximum Gasteiger partial charge on any atom is 0.262 e. The van der Waals surface area contributed by atoms with Crippen LogP contribution in [0.15, 0.2) is 72.8 Å². The Hall–Kier alpha value is -2.73. The van der Waals surface area contributed by atoms with E-state index < -0.39 is 0 Å². The van der Waals surface area contributed by atoms with E-state index in [0.717, 1.165) is 5.56 Å². The predicted molar refractivity (Wildman–Crippen MR) is 128 cm³/mol. The van der Waals surface area contributed by atoms with Crippen LogP contribution in [0, 0.1) is 0 Å². The topological polar surface area (TPSA) is 59.6 Å². The lowest BCUT2D eigenvalue weighted by atomic mass is 10.1. The molecule has 2 N–H and O–H groups in total. The van der Waals surface area contributed by atoms with Gasteiger partial charge in [-0.2, -0.15) is 0 Å². The second kappa shape index (κ2) is 12.2. The molecule has 0 heterocycles. The van der Waals surface area contributed by atoms with Gasteiger partial charge in [-0.15, -0.1) is 12.4 Å². The van der Waals surface area contributed by atoms with Crippen molar-refractivity contribution in [3.63, 3.8) is 0 Å². The molecule has 0 aliphatic carbocycles. The van der Waals surface area contributed by atoms with Crippen molar-refractivity contribution in [3.05, 3.63) is 88.9 Å². The molecule has 0 radical (unpaired) electrons. The van der Waals surface area contributed by atoms with Crippen LogP contribution in [0.2, 0.25) is 5.02 Å². The number of rotatable bonds is 9. The molecule has 31 heavy (non-hydrogen) atoms. The first-order valence-electron chi connectivity index (χ1n) is 9.69. The second-order valence-corrected chi connectivity index (χ2v) is 7.23. The summed E-state index contributed by atoms with van der Waals surface area (Å²) < 4.78 is 11.1. The largest absolute Gasteiger partial charge is 0.493 e. The third-order valence-electron chi connectivity index (χ3n) is 4.61. The number of nitrogens with one attached hydrogen (secondary N) is 2. The first-order valence-corrected chi connectivity index (χ1v) is 10.1. The van der Waals surface area contributed by atoms with E-state index in [0.29, 0.717) is 28.8 Å². The Morgan fingerprint density at radius 3 is 2.32 bits per heavy atom. The number of halogens is 2. The third kappa shape index (κ3) is 7.17. The first-order chi connectivity index (χ1) is 14.6. The lowest BCUT2D eigenvalue weighted by molar-refractivity contribution is -0.118. The highest BCUT2D eigenvalue weighted by Crippen LogP contribution is 2.36. The van der Waals surface area contributed by atoms with Crippen LogP contribution in [0.5, 0.6) is 11.5 Å². The lowest BCUT2D eigenvalue weighted by Gasteiger charge is -2.17. The second-order valence-electron chi connectivity index (χ2n) is 6.83. The van der Waals surface area contributed by atoms with Crippen molar-refractivity contribution in [1.82, 2.24) is 5.32 Å². The molecule has 164 valence electrons. The van der Waals surface area contributed by atoms with E-state index in [1.165, 1.54) is 5.56 Å². The number of amides is 1. The molecule has 3 aromatic rings. The van der Waals surface area contributed by atoms with Gasteiger partial charge < -0.3 is 20.1 Å². The molecule has 0 saturated carbocycles. The number of ether oxygens (including phenoxy) is 2. The minimum Gasteiger partial charge on any atom is -0.493 e. The lowest BCUT2D eigenvalue weighted by Crippen LogP contribution is -2.20. The van der Waals surface area contributed by atoms with Gasteiger partial charge >= 0.3 is 0 Å². The van der Waals surface area contributed by atoms with Crippen molar-refractivity contribution in [2.45, 2.75) is 19.5 Å². The smallest absolute Gasteiger partial charge is 0.262 e. The number of carbonyl (C=O) groups excluding carboxylic acids is 1. The van der Waals surface area contributed by atoms with Crippen LogP contribution in [0.4, 0.5) is 5.69 Å². The molecule has 0 aliphatic rings. The standard InChI is InChI=1S/C24H25ClN2O3.ClH/c1-17(19-9-5-3-6-10-19)26-15-18-13-21(25)24(22(14-18)29-2)30-16-23(28)27-20-11-7-4-8-12-20;/h3-14,17,26H,15-16H2,1-2H3,(H,27,28);1H. The van der Waals surface area contributed by atoms with E-state index in [4.69, 9.17) is 21.1 Å². The molecule has 0 aliphatic heterocycles. The first kappa shape index (κ1) is 24.5. The maximum absolute atomic E-state index is 12.1. The van der Waals surface area contributed by atoms with Gasteiger partial charge in [0.25, 0.3) is 5.91 Å². The molecule has 1 amide bonds. The summed E-state index contributed by atoms with van der Waals surface area (Å²) in [6.07, 6.45) is 0. The number of hydrogen-bond donors (Lipinski definition) is 2. The zero-order valence-electron chi connectivity index (χ0n) is 17.4. The van der Waals surface area contributed by atoms with E-state index in [2.05, 4.69) is 29.7 Å². The molecule has 0 spiro atoms. The van der Waals surface area contributed by atoms with Crippen LogP contribution in [-0.4, -0.2) is 19.6 Å². The van der Waals surface area contributed by atoms with E-state index in [9.17, 15) is 4.79 Å². The number of methoxy groups -OCH3 is 1. The Morgan fingerprint density at radius 1 is 1.03 bits per heavy atom. The Balaban J connectivity index is 0.00000341. The maximum atomic E-state index is 12.1. The van der Waals surface area contributed by atoms with E-state index in [-0.39, 0.29) is 31.0 Å². The van der Waals surface area contributed by atoms with Gasteiger partial charge in [0.15, 0.2) is 18.1 Å². The van der Waals surface area contributed by atoms with Crippen LogP contribution in [0.25, 0.3) is 0 Å². The average Bonchev–Trinajstić information content (AvgIpc) is 2.77. The summed E-state index contributed by atoms with van der Waals surface area (Å²) in [5.74, 6) is 0.558. The number of carbonyl (C=O) groups is 1. The molecule has 0 bridgehead atoms. The molecule has 3 aromatic carbocycles.